The van der Waals surface area contributed by atoms with Crippen LogP contribution < -0.4 is 4.90 Å². The average Bonchev–Trinajstić information content (AvgIpc) is 3.27. The fraction of sp³-hybridized carbons (Fsp3) is 0.824. The smallest absolute Gasteiger partial charge is 0.328 e. The van der Waals surface area contributed by atoms with Crippen molar-refractivity contribution in [1.82, 2.24) is 19.4 Å². The van der Waals surface area contributed by atoms with Gasteiger partial charge in [-0.1, -0.05) is 38.0 Å². The van der Waals surface area contributed by atoms with Gasteiger partial charge in [-0.15, -0.1) is 10.2 Å². The van der Waals surface area contributed by atoms with Gasteiger partial charge in [0.2, 0.25) is 9.47 Å². The Bertz CT molecular complexity index is 778. The third kappa shape index (κ3) is 4.03. The lowest BCUT2D eigenvalue weighted by atomic mass is 10.2. The number of rotatable bonds is 8. The van der Waals surface area contributed by atoms with E-state index in [1.54, 1.807) is 11.9 Å². The van der Waals surface area contributed by atoms with Crippen LogP contribution in [0.25, 0.3) is 0 Å². The van der Waals surface area contributed by atoms with Crippen molar-refractivity contribution in [2.45, 2.75) is 69.0 Å². The van der Waals surface area contributed by atoms with E-state index in [1.165, 1.54) is 9.21 Å². The normalized spacial score (nSPS) is 24.3. The highest BCUT2D eigenvalue weighted by Crippen LogP contribution is 2.34. The first-order valence-electron chi connectivity index (χ1n) is 9.93. The van der Waals surface area contributed by atoms with Crippen molar-refractivity contribution in [3.05, 3.63) is 0 Å². The van der Waals surface area contributed by atoms with Gasteiger partial charge in [0.1, 0.15) is 0 Å². The molecule has 2 atom stereocenters. The molecule has 0 radical (unpaired) electrons. The summed E-state index contributed by atoms with van der Waals surface area (Å²) in [4.78, 5) is 15.9. The van der Waals surface area contributed by atoms with Gasteiger partial charge in [0.15, 0.2) is 6.23 Å². The fourth-order valence-corrected chi connectivity index (χ4v) is 6.27. The summed E-state index contributed by atoms with van der Waals surface area (Å²) in [6.07, 6.45) is 4.86. The van der Waals surface area contributed by atoms with E-state index < -0.39 is 16.3 Å². The molecular weight excluding hydrogens is 402 g/mol. The van der Waals surface area contributed by atoms with E-state index >= 15 is 0 Å². The Labute approximate surface area is 170 Å². The van der Waals surface area contributed by atoms with Crippen molar-refractivity contribution < 1.29 is 17.9 Å². The topological polar surface area (TPSA) is 95.9 Å². The molecule has 2 saturated heterocycles. The minimum Gasteiger partial charge on any atom is -0.356 e. The zero-order valence-electron chi connectivity index (χ0n) is 16.7. The maximum absolute atomic E-state index is 12.9. The zero-order chi connectivity index (χ0) is 20.3. The number of carbonyl (C=O) groups excluding carboxylic acids is 1. The second kappa shape index (κ2) is 9.02. The van der Waals surface area contributed by atoms with Crippen LogP contribution in [-0.2, 0) is 14.8 Å². The van der Waals surface area contributed by atoms with Crippen LogP contribution in [0.1, 0.15) is 52.4 Å². The summed E-state index contributed by atoms with van der Waals surface area (Å²) in [7, 11) is -1.94. The SMILES string of the molecule is CCCCOC1C(CC)N(C)C(=O)N1c1nnc(S(=O)(=O)N2CCCCC2)s1. The molecule has 1 aromatic heterocycles. The lowest BCUT2D eigenvalue weighted by molar-refractivity contribution is 0.0293. The van der Waals surface area contributed by atoms with E-state index in [2.05, 4.69) is 17.1 Å². The summed E-state index contributed by atoms with van der Waals surface area (Å²) >= 11 is 0.939. The van der Waals surface area contributed by atoms with Crippen molar-refractivity contribution in [2.75, 3.05) is 31.6 Å². The van der Waals surface area contributed by atoms with Gasteiger partial charge in [-0.25, -0.2) is 18.1 Å². The average molecular weight is 432 g/mol. The van der Waals surface area contributed by atoms with Crippen LogP contribution in [0.4, 0.5) is 9.93 Å². The summed E-state index contributed by atoms with van der Waals surface area (Å²) in [6.45, 7) is 5.62. The van der Waals surface area contributed by atoms with Gasteiger partial charge in [-0.2, -0.15) is 4.31 Å². The number of hydrogen-bond acceptors (Lipinski definition) is 7. The molecule has 3 heterocycles. The van der Waals surface area contributed by atoms with Gasteiger partial charge >= 0.3 is 6.03 Å². The Hall–Kier alpha value is -1.30. The molecule has 2 amide bonds. The summed E-state index contributed by atoms with van der Waals surface area (Å²) < 4.78 is 33.1. The quantitative estimate of drug-likeness (QED) is 0.463. The number of ether oxygens (including phenoxy) is 1. The highest BCUT2D eigenvalue weighted by molar-refractivity contribution is 7.91. The van der Waals surface area contributed by atoms with Gasteiger partial charge in [-0.3, -0.25) is 0 Å². The van der Waals surface area contributed by atoms with Crippen molar-refractivity contribution in [2.24, 2.45) is 0 Å². The summed E-state index contributed by atoms with van der Waals surface area (Å²) in [6, 6.07) is -0.359. The lowest BCUT2D eigenvalue weighted by Gasteiger charge is -2.25. The molecule has 0 saturated carbocycles. The molecule has 2 aliphatic rings. The first kappa shape index (κ1) is 21.4. The van der Waals surface area contributed by atoms with Gasteiger partial charge < -0.3 is 9.64 Å². The predicted molar refractivity (Wildman–Crippen MR) is 107 cm³/mol. The summed E-state index contributed by atoms with van der Waals surface area (Å²) in [5, 5.41) is 8.24. The lowest BCUT2D eigenvalue weighted by Crippen LogP contribution is -2.39. The highest BCUT2D eigenvalue weighted by atomic mass is 32.2. The van der Waals surface area contributed by atoms with E-state index in [0.717, 1.165) is 49.9 Å². The molecule has 11 heteroatoms. The first-order valence-corrected chi connectivity index (χ1v) is 12.2. The number of hydrogen-bond donors (Lipinski definition) is 0. The Balaban J connectivity index is 1.85. The number of likely N-dealkylation sites (N-methyl/N-ethyl adjacent to an activating group) is 1. The number of nitrogens with zero attached hydrogens (tertiary/aromatic N) is 5. The van der Waals surface area contributed by atoms with Crippen LogP contribution in [-0.4, -0.2) is 72.9 Å². The van der Waals surface area contributed by atoms with Crippen LogP contribution in [0.15, 0.2) is 4.34 Å². The van der Waals surface area contributed by atoms with E-state index in [4.69, 9.17) is 4.74 Å². The molecule has 158 valence electrons. The first-order chi connectivity index (χ1) is 13.4. The highest BCUT2D eigenvalue weighted by Gasteiger charge is 2.46. The van der Waals surface area contributed by atoms with Crippen LogP contribution in [0.5, 0.6) is 0 Å². The maximum Gasteiger partial charge on any atom is 0.328 e. The number of anilines is 1. The molecule has 28 heavy (non-hydrogen) atoms. The van der Waals surface area contributed by atoms with Gasteiger partial charge in [0.25, 0.3) is 10.0 Å². The van der Waals surface area contributed by atoms with Crippen LogP contribution in [0.2, 0.25) is 0 Å². The van der Waals surface area contributed by atoms with E-state index in [9.17, 15) is 13.2 Å². The van der Waals surface area contributed by atoms with Crippen LogP contribution >= 0.6 is 11.3 Å². The number of amides is 2. The molecule has 0 aromatic carbocycles. The van der Waals surface area contributed by atoms with Gasteiger partial charge in [-0.05, 0) is 25.7 Å². The number of urea groups is 1. The van der Waals surface area contributed by atoms with E-state index in [-0.39, 0.29) is 21.5 Å². The van der Waals surface area contributed by atoms with Gasteiger partial charge in [0, 0.05) is 26.7 Å². The van der Waals surface area contributed by atoms with Crippen molar-refractivity contribution in [3.63, 3.8) is 0 Å². The molecule has 0 spiro atoms. The summed E-state index contributed by atoms with van der Waals surface area (Å²) in [5.41, 5.74) is 0. The molecule has 0 aliphatic carbocycles. The molecule has 0 bridgehead atoms. The Morgan fingerprint density at radius 2 is 1.89 bits per heavy atom. The van der Waals surface area contributed by atoms with Gasteiger partial charge in [0.05, 0.1) is 6.04 Å². The molecule has 2 unspecified atom stereocenters. The second-order valence-corrected chi connectivity index (χ2v) is 10.2. The van der Waals surface area contributed by atoms with Crippen LogP contribution in [0.3, 0.4) is 0 Å². The third-order valence-electron chi connectivity index (χ3n) is 5.27. The molecule has 2 fully saturated rings. The standard InChI is InChI=1S/C17H29N5O4S2/c1-4-6-12-26-14-13(5-2)20(3)17(23)22(14)15-18-19-16(27-15)28(24,25)21-10-8-7-9-11-21/h13-14H,4-12H2,1-3H3. The Kier molecular flexibility index (Phi) is 6.89. The van der Waals surface area contributed by atoms with E-state index in [1.807, 2.05) is 6.92 Å². The Morgan fingerprint density at radius 3 is 2.54 bits per heavy atom. The molecule has 0 N–H and O–H groups in total. The number of unbranched alkanes of at least 4 members (excludes halogenated alkanes) is 1. The zero-order valence-corrected chi connectivity index (χ0v) is 18.3. The molecule has 9 nitrogen and oxygen atoms in total. The monoisotopic (exact) mass is 431 g/mol. The third-order valence-corrected chi connectivity index (χ3v) is 8.44. The molecular formula is C17H29N5O4S2. The van der Waals surface area contributed by atoms with Crippen LogP contribution in [0, 0.1) is 0 Å². The minimum atomic E-state index is -3.67. The predicted octanol–water partition coefficient (Wildman–Crippen LogP) is 2.51. The number of carbonyl (C=O) groups is 1. The second-order valence-electron chi connectivity index (χ2n) is 7.17. The molecule has 3 rings (SSSR count). The molecule has 2 aliphatic heterocycles. The number of aromatic nitrogens is 2. The van der Waals surface area contributed by atoms with Crippen molar-refractivity contribution in [3.8, 4) is 0 Å². The summed E-state index contributed by atoms with van der Waals surface area (Å²) in [5.74, 6) is 0. The molecule has 1 aromatic rings. The number of sulfonamides is 1. The largest absolute Gasteiger partial charge is 0.356 e. The maximum atomic E-state index is 12.9. The minimum absolute atomic E-state index is 0.0629. The fourth-order valence-electron chi connectivity index (χ4n) is 3.60. The van der Waals surface area contributed by atoms with Crippen molar-refractivity contribution in [1.29, 1.82) is 0 Å². The Morgan fingerprint density at radius 1 is 1.18 bits per heavy atom. The van der Waals surface area contributed by atoms with Crippen molar-refractivity contribution >= 4 is 32.5 Å². The van der Waals surface area contributed by atoms with E-state index in [0.29, 0.717) is 19.7 Å². The number of piperidine rings is 1.